The van der Waals surface area contributed by atoms with Gasteiger partial charge in [-0.05, 0) is 43.0 Å². The molecule has 1 atom stereocenters. The Hall–Kier alpha value is -3.05. The third kappa shape index (κ3) is 3.82. The Bertz CT molecular complexity index is 1280. The Balaban J connectivity index is 1.40. The number of hydrazine groups is 1. The highest BCUT2D eigenvalue weighted by Crippen LogP contribution is 2.45. The van der Waals surface area contributed by atoms with Crippen LogP contribution in [0.1, 0.15) is 48.7 Å². The van der Waals surface area contributed by atoms with Crippen LogP contribution in [0.3, 0.4) is 0 Å². The Labute approximate surface area is 213 Å². The number of ether oxygens (including phenoxy) is 1. The maximum atomic E-state index is 14.0. The van der Waals surface area contributed by atoms with Gasteiger partial charge in [-0.2, -0.15) is 18.3 Å². The highest BCUT2D eigenvalue weighted by molar-refractivity contribution is 5.79. The van der Waals surface area contributed by atoms with Crippen LogP contribution in [-0.2, 0) is 28.9 Å². The van der Waals surface area contributed by atoms with E-state index in [0.717, 1.165) is 54.1 Å². The lowest BCUT2D eigenvalue weighted by Gasteiger charge is -2.34. The highest BCUT2D eigenvalue weighted by atomic mass is 19.4. The van der Waals surface area contributed by atoms with E-state index >= 15 is 0 Å². The van der Waals surface area contributed by atoms with Gasteiger partial charge in [0.2, 0.25) is 5.91 Å². The van der Waals surface area contributed by atoms with E-state index in [1.54, 1.807) is 20.0 Å². The van der Waals surface area contributed by atoms with Crippen LogP contribution in [0.15, 0.2) is 24.4 Å². The van der Waals surface area contributed by atoms with E-state index in [9.17, 15) is 18.0 Å². The second-order valence-electron chi connectivity index (χ2n) is 10.6. The number of anilines is 2. The van der Waals surface area contributed by atoms with E-state index in [4.69, 9.17) is 9.84 Å². The molecule has 1 unspecified atom stereocenters. The molecule has 0 saturated carbocycles. The van der Waals surface area contributed by atoms with Crippen LogP contribution in [0.2, 0.25) is 0 Å². The molecular formula is C26H31F3N6O2. The minimum atomic E-state index is -4.45. The summed E-state index contributed by atoms with van der Waals surface area (Å²) in [6, 6.07) is 5.78. The summed E-state index contributed by atoms with van der Waals surface area (Å²) in [5, 5.41) is 6.42. The second-order valence-corrected chi connectivity index (χ2v) is 10.6. The fourth-order valence-corrected chi connectivity index (χ4v) is 5.91. The molecule has 0 aliphatic carbocycles. The number of hydrogen-bond acceptors (Lipinski definition) is 6. The number of aromatic nitrogens is 2. The lowest BCUT2D eigenvalue weighted by atomic mass is 9.86. The zero-order chi connectivity index (χ0) is 26.1. The number of halogens is 3. The highest BCUT2D eigenvalue weighted by Gasteiger charge is 2.57. The number of aryl methyl sites for hydroxylation is 1. The van der Waals surface area contributed by atoms with Gasteiger partial charge in [-0.15, -0.1) is 0 Å². The normalized spacial score (nSPS) is 24.1. The Morgan fingerprint density at radius 2 is 2.00 bits per heavy atom. The first-order valence-electron chi connectivity index (χ1n) is 12.7. The number of alkyl halides is 3. The van der Waals surface area contributed by atoms with E-state index in [-0.39, 0.29) is 17.5 Å². The number of amides is 1. The summed E-state index contributed by atoms with van der Waals surface area (Å²) in [5.41, 5.74) is 5.31. The average molecular weight is 517 g/mol. The molecule has 0 radical (unpaired) electrons. The smallest absolute Gasteiger partial charge is 0.377 e. The standard InChI is InChI=1S/C26H31F3N6O2/c1-16(36)33-10-8-23-20(12-33)24(30-35(23)19-14-37-15-19)34-9-4-5-18-11-17(6-7-22(18)34)21-13-32(3)31-25(21,2)26(27,28)29/h6-7,11,13,19,31H,4-5,8-10,12,14-15H2,1-3H3. The van der Waals surface area contributed by atoms with Crippen molar-refractivity contribution in [3.8, 4) is 0 Å². The van der Waals surface area contributed by atoms with Gasteiger partial charge in [0.15, 0.2) is 11.4 Å². The molecule has 4 aliphatic rings. The van der Waals surface area contributed by atoms with E-state index in [2.05, 4.69) is 15.0 Å². The number of nitrogens with zero attached hydrogens (tertiary/aromatic N) is 5. The average Bonchev–Trinajstić information content (AvgIpc) is 3.34. The molecule has 1 aromatic carbocycles. The largest absolute Gasteiger partial charge is 0.412 e. The van der Waals surface area contributed by atoms with Crippen LogP contribution in [0, 0.1) is 0 Å². The quantitative estimate of drug-likeness (QED) is 0.673. The number of carbonyl (C=O) groups is 1. The zero-order valence-corrected chi connectivity index (χ0v) is 21.2. The lowest BCUT2D eigenvalue weighted by molar-refractivity contribution is -0.178. The fourth-order valence-electron chi connectivity index (χ4n) is 5.91. The van der Waals surface area contributed by atoms with Gasteiger partial charge < -0.3 is 19.5 Å². The molecule has 11 heteroatoms. The van der Waals surface area contributed by atoms with Crippen molar-refractivity contribution < 1.29 is 22.7 Å². The summed E-state index contributed by atoms with van der Waals surface area (Å²) in [5.74, 6) is 0.874. The van der Waals surface area contributed by atoms with Gasteiger partial charge in [-0.1, -0.05) is 6.07 Å². The number of rotatable bonds is 3. The van der Waals surface area contributed by atoms with Crippen LogP contribution in [0.5, 0.6) is 0 Å². The van der Waals surface area contributed by atoms with E-state index in [0.29, 0.717) is 31.9 Å². The topological polar surface area (TPSA) is 65.9 Å². The number of carbonyl (C=O) groups excluding carboxylic acids is 1. The summed E-state index contributed by atoms with van der Waals surface area (Å²) in [4.78, 5) is 16.2. The lowest BCUT2D eigenvalue weighted by Crippen LogP contribution is -2.55. The maximum Gasteiger partial charge on any atom is 0.412 e. The first kappa shape index (κ1) is 24.3. The van der Waals surface area contributed by atoms with Crippen molar-refractivity contribution in [1.82, 2.24) is 25.1 Å². The third-order valence-corrected chi connectivity index (χ3v) is 8.07. The zero-order valence-electron chi connectivity index (χ0n) is 21.2. The van der Waals surface area contributed by atoms with Crippen LogP contribution >= 0.6 is 0 Å². The third-order valence-electron chi connectivity index (χ3n) is 8.07. The van der Waals surface area contributed by atoms with Gasteiger partial charge in [-0.25, -0.2) is 5.43 Å². The Morgan fingerprint density at radius 3 is 2.68 bits per heavy atom. The monoisotopic (exact) mass is 516 g/mol. The summed E-state index contributed by atoms with van der Waals surface area (Å²) >= 11 is 0. The number of fused-ring (bicyclic) bond motifs is 2. The molecule has 1 fully saturated rings. The summed E-state index contributed by atoms with van der Waals surface area (Å²) < 4.78 is 49.6. The summed E-state index contributed by atoms with van der Waals surface area (Å²) in [7, 11) is 1.58. The predicted octanol–water partition coefficient (Wildman–Crippen LogP) is 3.56. The summed E-state index contributed by atoms with van der Waals surface area (Å²) in [6.07, 6.45) is -0.564. The van der Waals surface area contributed by atoms with Gasteiger partial charge >= 0.3 is 6.18 Å². The van der Waals surface area contributed by atoms with Crippen molar-refractivity contribution in [2.24, 2.45) is 0 Å². The Morgan fingerprint density at radius 1 is 1.22 bits per heavy atom. The molecule has 1 aromatic heterocycles. The number of nitrogens with one attached hydrogen (secondary N) is 1. The fraction of sp³-hybridized carbons (Fsp3) is 0.538. The van der Waals surface area contributed by atoms with Crippen molar-refractivity contribution in [1.29, 1.82) is 0 Å². The van der Waals surface area contributed by atoms with Gasteiger partial charge in [0.25, 0.3) is 0 Å². The molecular weight excluding hydrogens is 485 g/mol. The Kier molecular flexibility index (Phi) is 5.57. The van der Waals surface area contributed by atoms with Crippen LogP contribution in [0.4, 0.5) is 24.7 Å². The number of hydrogen-bond donors (Lipinski definition) is 1. The molecule has 5 heterocycles. The van der Waals surface area contributed by atoms with Crippen LogP contribution in [-0.4, -0.2) is 70.7 Å². The molecule has 2 aromatic rings. The van der Waals surface area contributed by atoms with Crippen LogP contribution in [0.25, 0.3) is 5.57 Å². The van der Waals surface area contributed by atoms with E-state index < -0.39 is 11.7 Å². The van der Waals surface area contributed by atoms with E-state index in [1.165, 1.54) is 18.1 Å². The van der Waals surface area contributed by atoms with Gasteiger partial charge in [0.05, 0.1) is 25.8 Å². The summed E-state index contributed by atoms with van der Waals surface area (Å²) in [6.45, 7) is 5.94. The number of benzene rings is 1. The van der Waals surface area contributed by atoms with Crippen molar-refractivity contribution in [3.63, 3.8) is 0 Å². The molecule has 1 N–H and O–H groups in total. The minimum absolute atomic E-state index is 0.0381. The molecule has 6 rings (SSSR count). The van der Waals surface area contributed by atoms with Crippen molar-refractivity contribution in [2.75, 3.05) is 38.3 Å². The van der Waals surface area contributed by atoms with Gasteiger partial charge in [0.1, 0.15) is 0 Å². The van der Waals surface area contributed by atoms with Crippen molar-refractivity contribution in [2.45, 2.75) is 57.4 Å². The first-order chi connectivity index (χ1) is 17.6. The molecule has 37 heavy (non-hydrogen) atoms. The molecule has 0 spiro atoms. The first-order valence-corrected chi connectivity index (χ1v) is 12.7. The maximum absolute atomic E-state index is 14.0. The SMILES string of the molecule is CC(=O)N1CCc2c(c(N3CCCc4cc(C5=CN(C)NC5(C)C(F)(F)F)ccc43)nn2C2COC2)C1. The minimum Gasteiger partial charge on any atom is -0.377 e. The molecule has 4 aliphatic heterocycles. The second kappa shape index (κ2) is 8.49. The van der Waals surface area contributed by atoms with Gasteiger partial charge in [-0.3, -0.25) is 9.48 Å². The van der Waals surface area contributed by atoms with E-state index in [1.807, 2.05) is 17.0 Å². The predicted molar refractivity (Wildman–Crippen MR) is 132 cm³/mol. The van der Waals surface area contributed by atoms with Crippen molar-refractivity contribution >= 4 is 23.0 Å². The molecule has 0 bridgehead atoms. The molecule has 1 saturated heterocycles. The molecule has 8 nitrogen and oxygen atoms in total. The molecule has 1 amide bonds. The molecule has 198 valence electrons. The van der Waals surface area contributed by atoms with Gasteiger partial charge in [0, 0.05) is 62.2 Å². The van der Waals surface area contributed by atoms with Crippen LogP contribution < -0.4 is 10.3 Å². The van der Waals surface area contributed by atoms with Crippen molar-refractivity contribution in [3.05, 3.63) is 46.8 Å².